The zero-order valence-electron chi connectivity index (χ0n) is 8.33. The van der Waals surface area contributed by atoms with Crippen molar-refractivity contribution in [1.29, 1.82) is 0 Å². The van der Waals surface area contributed by atoms with Gasteiger partial charge in [0.05, 0.1) is 10.7 Å². The van der Waals surface area contributed by atoms with E-state index in [1.807, 2.05) is 24.3 Å². The Bertz CT molecular complexity index is 462. The largest absolute Gasteiger partial charge is 0.253 e. The van der Waals surface area contributed by atoms with Gasteiger partial charge in [0.25, 0.3) is 0 Å². The van der Waals surface area contributed by atoms with Crippen LogP contribution in [0.25, 0.3) is 0 Å². The highest BCUT2D eigenvalue weighted by atomic mass is 15.1. The number of para-hydroxylation sites is 2. The molecule has 1 aliphatic heterocycles. The Morgan fingerprint density at radius 2 is 1.64 bits per heavy atom. The number of benzene rings is 1. The molecule has 71 valence electrons. The zero-order chi connectivity index (χ0) is 9.81. The van der Waals surface area contributed by atoms with Gasteiger partial charge in [-0.2, -0.15) is 0 Å². The smallest absolute Gasteiger partial charge is 0.157 e. The lowest BCUT2D eigenvalue weighted by molar-refractivity contribution is 0.346. The van der Waals surface area contributed by atoms with E-state index in [1.165, 1.54) is 12.8 Å². The minimum absolute atomic E-state index is 0.200. The summed E-state index contributed by atoms with van der Waals surface area (Å²) in [4.78, 5) is 9.28. The normalized spacial score (nSPS) is 24.7. The maximum Gasteiger partial charge on any atom is 0.157 e. The molecule has 1 saturated carbocycles. The lowest BCUT2D eigenvalue weighted by atomic mass is 9.94. The molecule has 2 heteroatoms. The van der Waals surface area contributed by atoms with Crippen LogP contribution in [0.5, 0.6) is 0 Å². The van der Waals surface area contributed by atoms with Crippen molar-refractivity contribution in [1.82, 2.24) is 0 Å². The van der Waals surface area contributed by atoms with Crippen LogP contribution in [0.4, 0.5) is 0 Å². The summed E-state index contributed by atoms with van der Waals surface area (Å²) in [5.41, 5.74) is -0.247. The molecule has 1 aromatic carbocycles. The maximum absolute atomic E-state index is 4.64. The van der Waals surface area contributed by atoms with Crippen LogP contribution in [-0.2, 0) is 0 Å². The summed E-state index contributed by atoms with van der Waals surface area (Å²) in [6.07, 6.45) is 2.38. The monoisotopic (exact) mass is 185 g/mol. The third-order valence-corrected chi connectivity index (χ3v) is 3.46. The van der Waals surface area contributed by atoms with Gasteiger partial charge in [0.2, 0.25) is 0 Å². The molecular weight excluding hydrogens is 172 g/mol. The number of hydrogen-bond acceptors (Lipinski definition) is 2. The van der Waals surface area contributed by atoms with E-state index in [4.69, 9.17) is 0 Å². The average Bonchev–Trinajstić information content (AvgIpc) is 2.81. The van der Waals surface area contributed by atoms with Crippen molar-refractivity contribution in [3.8, 4) is 0 Å². The van der Waals surface area contributed by atoms with Crippen molar-refractivity contribution in [2.75, 3.05) is 0 Å². The van der Waals surface area contributed by atoms with Crippen LogP contribution >= 0.6 is 0 Å². The summed E-state index contributed by atoms with van der Waals surface area (Å²) in [5.74, 6) is 0. The molecule has 1 heterocycles. The number of fused-ring (bicyclic) bond motifs is 1. The van der Waals surface area contributed by atoms with E-state index >= 15 is 0 Å². The minimum Gasteiger partial charge on any atom is -0.253 e. The van der Waals surface area contributed by atoms with Gasteiger partial charge in [-0.3, -0.25) is 9.98 Å². The average molecular weight is 185 g/mol. The molecule has 0 spiro atoms. The molecule has 0 saturated heterocycles. The second kappa shape index (κ2) is 2.25. The Morgan fingerprint density at radius 1 is 1.14 bits per heavy atom. The molecule has 2 nitrogen and oxygen atoms in total. The minimum atomic E-state index is -0.448. The first-order chi connectivity index (χ1) is 6.63. The third-order valence-electron chi connectivity index (χ3n) is 3.46. The van der Waals surface area contributed by atoms with Crippen molar-refractivity contribution in [2.45, 2.75) is 25.4 Å². The fourth-order valence-corrected chi connectivity index (χ4v) is 1.93. The Kier molecular flexibility index (Phi) is 1.31. The molecule has 1 fully saturated rings. The lowest BCUT2D eigenvalue weighted by Gasteiger charge is -2.24. The first-order valence-electron chi connectivity index (χ1n) is 5.03. The molecule has 3 rings (SSSR count). The highest BCUT2D eigenvalue weighted by Gasteiger charge is 2.54. The van der Waals surface area contributed by atoms with Crippen molar-refractivity contribution < 1.29 is 0 Å². The Morgan fingerprint density at radius 3 is 2.07 bits per heavy atom. The van der Waals surface area contributed by atoms with Gasteiger partial charge in [-0.1, -0.05) is 19.1 Å². The first kappa shape index (κ1) is 8.16. The van der Waals surface area contributed by atoms with Gasteiger partial charge in [-0.15, -0.1) is 0 Å². The van der Waals surface area contributed by atoms with E-state index in [-0.39, 0.29) is 5.41 Å². The van der Waals surface area contributed by atoms with Crippen LogP contribution in [-0.4, -0.2) is 5.66 Å². The summed E-state index contributed by atoms with van der Waals surface area (Å²) < 4.78 is 0. The van der Waals surface area contributed by atoms with Crippen LogP contribution in [0.3, 0.4) is 0 Å². The van der Waals surface area contributed by atoms with Gasteiger partial charge in [-0.25, -0.2) is 0 Å². The van der Waals surface area contributed by atoms with E-state index in [9.17, 15) is 0 Å². The molecule has 0 unspecified atom stereocenters. The zero-order valence-corrected chi connectivity index (χ0v) is 8.33. The highest BCUT2D eigenvalue weighted by Crippen LogP contribution is 2.55. The van der Waals surface area contributed by atoms with E-state index in [2.05, 4.69) is 23.8 Å². The fraction of sp³-hybridized carbons (Fsp3) is 0.417. The van der Waals surface area contributed by atoms with Crippen LogP contribution in [0.2, 0.25) is 0 Å². The van der Waals surface area contributed by atoms with Gasteiger partial charge >= 0.3 is 0 Å². The molecule has 1 radical (unpaired) electrons. The van der Waals surface area contributed by atoms with E-state index in [0.29, 0.717) is 0 Å². The molecule has 0 N–H and O–H groups in total. The van der Waals surface area contributed by atoms with E-state index in [1.54, 1.807) is 0 Å². The maximum atomic E-state index is 4.64. The molecule has 0 atom stereocenters. The van der Waals surface area contributed by atoms with Crippen LogP contribution < -0.4 is 10.7 Å². The standard InChI is InChI=1S/C12H13N2/c1-11(7-8-11)12(2)13-9-5-3-4-6-10(9)14-12/h3-6H,2,7-8H2,1H3. The summed E-state index contributed by atoms with van der Waals surface area (Å²) in [6.45, 7) is 6.41. The predicted molar refractivity (Wildman–Crippen MR) is 54.2 cm³/mol. The molecule has 14 heavy (non-hydrogen) atoms. The summed E-state index contributed by atoms with van der Waals surface area (Å²) in [6, 6.07) is 8.02. The van der Waals surface area contributed by atoms with Gasteiger partial charge in [0.15, 0.2) is 5.66 Å². The van der Waals surface area contributed by atoms with Gasteiger partial charge in [-0.05, 0) is 31.9 Å². The third kappa shape index (κ3) is 0.912. The van der Waals surface area contributed by atoms with Gasteiger partial charge in [0, 0.05) is 5.41 Å². The summed E-state index contributed by atoms with van der Waals surface area (Å²) >= 11 is 0. The van der Waals surface area contributed by atoms with Crippen LogP contribution in [0.15, 0.2) is 34.3 Å². The van der Waals surface area contributed by atoms with Gasteiger partial charge in [0.1, 0.15) is 0 Å². The number of hydrogen-bond donors (Lipinski definition) is 0. The highest BCUT2D eigenvalue weighted by molar-refractivity contribution is 5.17. The summed E-state index contributed by atoms with van der Waals surface area (Å²) in [7, 11) is 0. The predicted octanol–water partition coefficient (Wildman–Crippen LogP) is 1.27. The molecule has 1 aromatic rings. The lowest BCUT2D eigenvalue weighted by Crippen LogP contribution is -2.29. The Hall–Kier alpha value is -1.18. The quantitative estimate of drug-likeness (QED) is 0.629. The molecule has 0 aromatic heterocycles. The van der Waals surface area contributed by atoms with E-state index in [0.717, 1.165) is 10.7 Å². The molecular formula is C12H13N2. The van der Waals surface area contributed by atoms with Crippen molar-refractivity contribution in [2.24, 2.45) is 15.4 Å². The topological polar surface area (TPSA) is 24.7 Å². The second-order valence-corrected chi connectivity index (χ2v) is 4.59. The first-order valence-corrected chi connectivity index (χ1v) is 5.03. The molecule has 2 aliphatic rings. The fourth-order valence-electron chi connectivity index (χ4n) is 1.93. The van der Waals surface area contributed by atoms with Crippen LogP contribution in [0, 0.1) is 12.3 Å². The van der Waals surface area contributed by atoms with Crippen LogP contribution in [0.1, 0.15) is 19.8 Å². The molecule has 1 aliphatic carbocycles. The Balaban J connectivity index is 2.22. The molecule has 0 amide bonds. The second-order valence-electron chi connectivity index (χ2n) is 4.59. The Labute approximate surface area is 83.4 Å². The van der Waals surface area contributed by atoms with Gasteiger partial charge < -0.3 is 0 Å². The van der Waals surface area contributed by atoms with Crippen molar-refractivity contribution in [3.05, 3.63) is 41.9 Å². The summed E-state index contributed by atoms with van der Waals surface area (Å²) in [5, 5.41) is 1.99. The van der Waals surface area contributed by atoms with Crippen molar-refractivity contribution >= 4 is 0 Å². The number of rotatable bonds is 1. The SMILES string of the molecule is [CH2]C1(C2(C)CC2)N=c2ccccc2=N1. The van der Waals surface area contributed by atoms with E-state index < -0.39 is 5.66 Å². The molecule has 0 bridgehead atoms. The number of nitrogens with zero attached hydrogens (tertiary/aromatic N) is 2. The van der Waals surface area contributed by atoms with Crippen molar-refractivity contribution in [3.63, 3.8) is 0 Å².